The number of alkyl carbamates (subject to hydrolysis) is 1. The molecule has 4 atom stereocenters. The van der Waals surface area contributed by atoms with Crippen molar-refractivity contribution in [1.82, 2.24) is 44.9 Å². The summed E-state index contributed by atoms with van der Waals surface area (Å²) in [7, 11) is 1.47. The quantitative estimate of drug-likeness (QED) is 0.100. The van der Waals surface area contributed by atoms with Gasteiger partial charge in [0.25, 0.3) is 5.91 Å². The average molecular weight is 826 g/mol. The number of nitrogens with zero attached hydrogens (tertiary/aromatic N) is 6. The second-order valence-corrected chi connectivity index (χ2v) is 16.0. The number of likely N-dealkylation sites (tertiary alicyclic amines) is 2. The number of thiazole rings is 1. The van der Waals surface area contributed by atoms with Crippen LogP contribution in [-0.4, -0.2) is 96.9 Å². The van der Waals surface area contributed by atoms with Crippen molar-refractivity contribution < 1.29 is 19.1 Å². The minimum absolute atomic E-state index is 0.0992. The zero-order valence-corrected chi connectivity index (χ0v) is 35.0. The molecule has 5 heterocycles. The van der Waals surface area contributed by atoms with Gasteiger partial charge < -0.3 is 29.8 Å². The maximum atomic E-state index is 14.2. The van der Waals surface area contributed by atoms with Gasteiger partial charge in [-0.25, -0.2) is 19.7 Å². The second-order valence-electron chi connectivity index (χ2n) is 15.3. The third-order valence-electron chi connectivity index (χ3n) is 11.8. The number of ether oxygens (including phenoxy) is 1. The molecular weight excluding hydrogens is 775 g/mol. The van der Waals surface area contributed by atoms with Crippen LogP contribution in [0.1, 0.15) is 80.6 Å². The lowest BCUT2D eigenvalue weighted by atomic mass is 10.0. The molecule has 60 heavy (non-hydrogen) atoms. The van der Waals surface area contributed by atoms with Gasteiger partial charge in [-0.15, -0.1) is 11.3 Å². The van der Waals surface area contributed by atoms with Crippen LogP contribution in [0.4, 0.5) is 4.79 Å². The fourth-order valence-electron chi connectivity index (χ4n) is 8.59. The van der Waals surface area contributed by atoms with E-state index in [1.807, 2.05) is 34.7 Å². The topological polar surface area (TPSA) is 152 Å². The van der Waals surface area contributed by atoms with E-state index in [1.165, 1.54) is 18.4 Å². The molecule has 310 valence electrons. The SMILES string of the molecule is CCN(CC)[C@@H](C(=O)N1CCC[C@H]1c1ncc(-c2ccc(-c3ccc(-c4cnc([C@@H]5CCCN5C(=O)[C@H](Cc5cscn5)OC(=O)NC)[nH]4)cc3)cc2)[nH]1)c1ccccc1. The van der Waals surface area contributed by atoms with E-state index in [1.54, 1.807) is 16.6 Å². The van der Waals surface area contributed by atoms with E-state index < -0.39 is 12.2 Å². The predicted octanol–water partition coefficient (Wildman–Crippen LogP) is 7.97. The third kappa shape index (κ3) is 8.61. The molecular formula is C46H51N9O4S. The normalized spacial score (nSPS) is 17.5. The molecule has 2 aliphatic rings. The number of rotatable bonds is 14. The number of imidazole rings is 2. The highest BCUT2D eigenvalue weighted by Gasteiger charge is 2.39. The average Bonchev–Trinajstić information content (AvgIpc) is 4.15. The summed E-state index contributed by atoms with van der Waals surface area (Å²) >= 11 is 1.43. The molecule has 3 N–H and O–H groups in total. The summed E-state index contributed by atoms with van der Waals surface area (Å²) in [5.74, 6) is 1.39. The van der Waals surface area contributed by atoms with Gasteiger partial charge in [0, 0.05) is 31.9 Å². The summed E-state index contributed by atoms with van der Waals surface area (Å²) in [5.41, 5.74) is 9.35. The highest BCUT2D eigenvalue weighted by Crippen LogP contribution is 2.37. The van der Waals surface area contributed by atoms with Crippen LogP contribution in [0, 0.1) is 0 Å². The van der Waals surface area contributed by atoms with E-state index in [0.717, 1.165) is 83.8 Å². The maximum Gasteiger partial charge on any atom is 0.407 e. The molecule has 6 aromatic rings. The zero-order valence-electron chi connectivity index (χ0n) is 34.2. The van der Waals surface area contributed by atoms with Crippen molar-refractivity contribution in [2.45, 2.75) is 70.2 Å². The molecule has 2 fully saturated rings. The Bertz CT molecular complexity index is 2360. The van der Waals surface area contributed by atoms with Gasteiger partial charge in [0.2, 0.25) is 5.91 Å². The lowest BCUT2D eigenvalue weighted by Gasteiger charge is -2.34. The third-order valence-corrected chi connectivity index (χ3v) is 12.4. The first-order valence-corrected chi connectivity index (χ1v) is 21.8. The first kappa shape index (κ1) is 40.7. The summed E-state index contributed by atoms with van der Waals surface area (Å²) in [6, 6.07) is 26.2. The maximum absolute atomic E-state index is 14.2. The van der Waals surface area contributed by atoms with Crippen molar-refractivity contribution in [3.8, 4) is 33.6 Å². The minimum Gasteiger partial charge on any atom is -0.436 e. The van der Waals surface area contributed by atoms with Gasteiger partial charge in [-0.3, -0.25) is 14.5 Å². The van der Waals surface area contributed by atoms with Gasteiger partial charge in [-0.1, -0.05) is 92.7 Å². The van der Waals surface area contributed by atoms with Gasteiger partial charge in [0.05, 0.1) is 47.1 Å². The number of carbonyl (C=O) groups is 3. The summed E-state index contributed by atoms with van der Waals surface area (Å²) in [4.78, 5) is 67.0. The van der Waals surface area contributed by atoms with Gasteiger partial charge in [-0.2, -0.15) is 0 Å². The Hall–Kier alpha value is -6.12. The lowest BCUT2D eigenvalue weighted by molar-refractivity contribution is -0.141. The molecule has 0 bridgehead atoms. The summed E-state index contributed by atoms with van der Waals surface area (Å²) in [5, 5.41) is 4.31. The van der Waals surface area contributed by atoms with Crippen LogP contribution < -0.4 is 5.32 Å². The number of amides is 3. The molecule has 3 aromatic carbocycles. The van der Waals surface area contributed by atoms with Crippen molar-refractivity contribution >= 4 is 29.2 Å². The summed E-state index contributed by atoms with van der Waals surface area (Å²) in [6.07, 6.45) is 5.62. The van der Waals surface area contributed by atoms with E-state index >= 15 is 0 Å². The van der Waals surface area contributed by atoms with Crippen molar-refractivity contribution in [3.05, 3.63) is 125 Å². The number of benzene rings is 3. The fraction of sp³-hybridized carbons (Fsp3) is 0.348. The molecule has 14 heteroatoms. The lowest BCUT2D eigenvalue weighted by Crippen LogP contribution is -2.43. The number of likely N-dealkylation sites (N-methyl/N-ethyl adjacent to an activating group) is 1. The Labute approximate surface area is 354 Å². The van der Waals surface area contributed by atoms with Gasteiger partial charge in [0.1, 0.15) is 17.7 Å². The molecule has 2 aliphatic heterocycles. The molecule has 0 radical (unpaired) electrons. The molecule has 0 unspecified atom stereocenters. The van der Waals surface area contributed by atoms with Crippen LogP contribution in [0.3, 0.4) is 0 Å². The highest BCUT2D eigenvalue weighted by molar-refractivity contribution is 7.07. The Morgan fingerprint density at radius 1 is 0.767 bits per heavy atom. The molecule has 3 aromatic heterocycles. The van der Waals surface area contributed by atoms with Crippen LogP contribution in [0.15, 0.2) is 102 Å². The Morgan fingerprint density at radius 2 is 1.30 bits per heavy atom. The minimum atomic E-state index is -0.989. The van der Waals surface area contributed by atoms with Crippen LogP contribution in [-0.2, 0) is 20.7 Å². The molecule has 2 saturated heterocycles. The van der Waals surface area contributed by atoms with Crippen molar-refractivity contribution in [2.24, 2.45) is 0 Å². The van der Waals surface area contributed by atoms with E-state index in [9.17, 15) is 14.4 Å². The molecule has 13 nitrogen and oxygen atoms in total. The fourth-order valence-corrected chi connectivity index (χ4v) is 9.16. The van der Waals surface area contributed by atoms with Crippen molar-refractivity contribution in [2.75, 3.05) is 33.2 Å². The van der Waals surface area contributed by atoms with E-state index in [4.69, 9.17) is 14.7 Å². The predicted molar refractivity (Wildman–Crippen MR) is 232 cm³/mol. The summed E-state index contributed by atoms with van der Waals surface area (Å²) < 4.78 is 5.52. The van der Waals surface area contributed by atoms with Gasteiger partial charge in [0.15, 0.2) is 6.10 Å². The van der Waals surface area contributed by atoms with E-state index in [0.29, 0.717) is 24.6 Å². The Balaban J connectivity index is 0.924. The summed E-state index contributed by atoms with van der Waals surface area (Å²) in [6.45, 7) is 7.06. The first-order valence-electron chi connectivity index (χ1n) is 20.8. The molecule has 0 spiro atoms. The number of aromatic nitrogens is 5. The monoisotopic (exact) mass is 825 g/mol. The molecule has 0 saturated carbocycles. The van der Waals surface area contributed by atoms with Gasteiger partial charge in [-0.05, 0) is 66.6 Å². The van der Waals surface area contributed by atoms with Crippen LogP contribution >= 0.6 is 11.3 Å². The Kier molecular flexibility index (Phi) is 12.5. The van der Waals surface area contributed by atoms with Crippen molar-refractivity contribution in [1.29, 1.82) is 0 Å². The molecule has 0 aliphatic carbocycles. The number of hydrogen-bond donors (Lipinski definition) is 3. The molecule has 3 amide bonds. The largest absolute Gasteiger partial charge is 0.436 e. The number of aromatic amines is 2. The zero-order chi connectivity index (χ0) is 41.6. The number of nitrogens with one attached hydrogen (secondary N) is 3. The highest BCUT2D eigenvalue weighted by atomic mass is 32.1. The van der Waals surface area contributed by atoms with Crippen LogP contribution in [0.5, 0.6) is 0 Å². The van der Waals surface area contributed by atoms with Crippen LogP contribution in [0.2, 0.25) is 0 Å². The smallest absolute Gasteiger partial charge is 0.407 e. The second kappa shape index (κ2) is 18.4. The number of H-pyrrole nitrogens is 2. The number of carbonyl (C=O) groups excluding carboxylic acids is 3. The number of hydrogen-bond acceptors (Lipinski definition) is 9. The van der Waals surface area contributed by atoms with Crippen LogP contribution in [0.25, 0.3) is 33.6 Å². The van der Waals surface area contributed by atoms with Gasteiger partial charge >= 0.3 is 6.09 Å². The standard InChI is InChI=1S/C46H51N9O4S/c1-4-53(5-2)41(34-11-7-6-8-12-34)45(57)55-24-10-14-39(55)43-49-27-37(52-43)33-21-17-31(18-22-33)30-15-19-32(20-16-30)36-26-48-42(51-36)38-13-9-23-54(38)44(56)40(59-46(58)47-3)25-35-28-60-29-50-35/h6-8,11-12,15-22,26-29,38-41H,4-5,9-10,13-14,23-25H2,1-3H3,(H,47,58)(H,48,51)(H,49,52)/t38-,39-,40-,41+/m0/s1. The van der Waals surface area contributed by atoms with Crippen molar-refractivity contribution in [3.63, 3.8) is 0 Å². The first-order chi connectivity index (χ1) is 29.3. The Morgan fingerprint density at radius 3 is 1.80 bits per heavy atom. The van der Waals surface area contributed by atoms with E-state index in [-0.39, 0.29) is 36.4 Å². The molecule has 8 rings (SSSR count). The van der Waals surface area contributed by atoms with E-state index in [2.05, 4.69) is 99.7 Å².